The molecule has 1 unspecified atom stereocenters. The molecule has 0 radical (unpaired) electrons. The van der Waals surface area contributed by atoms with Gasteiger partial charge in [-0.25, -0.2) is 4.98 Å². The number of aliphatic hydroxyl groups excluding tert-OH is 1. The maximum Gasteiger partial charge on any atom is 0.119 e. The van der Waals surface area contributed by atoms with Crippen LogP contribution in [0.3, 0.4) is 0 Å². The van der Waals surface area contributed by atoms with Crippen molar-refractivity contribution < 1.29 is 9.84 Å². The maximum atomic E-state index is 10.0. The van der Waals surface area contributed by atoms with Crippen LogP contribution in [0.1, 0.15) is 17.4 Å². The fourth-order valence-corrected chi connectivity index (χ4v) is 1.73. The van der Waals surface area contributed by atoms with Gasteiger partial charge in [0.05, 0.1) is 19.1 Å². The fraction of sp³-hybridized carbons (Fsp3) is 0.308. The van der Waals surface area contributed by atoms with Gasteiger partial charge in [-0.1, -0.05) is 12.1 Å². The highest BCUT2D eigenvalue weighted by atomic mass is 16.5. The van der Waals surface area contributed by atoms with E-state index in [4.69, 9.17) is 4.74 Å². The van der Waals surface area contributed by atoms with Crippen molar-refractivity contribution in [3.8, 4) is 5.75 Å². The highest BCUT2D eigenvalue weighted by Crippen LogP contribution is 2.19. The van der Waals surface area contributed by atoms with Crippen LogP contribution >= 0.6 is 0 Å². The van der Waals surface area contributed by atoms with Crippen molar-refractivity contribution in [1.82, 2.24) is 9.55 Å². The molecule has 0 aliphatic heterocycles. The van der Waals surface area contributed by atoms with Crippen molar-refractivity contribution in [2.24, 2.45) is 7.05 Å². The van der Waals surface area contributed by atoms with E-state index in [-0.39, 0.29) is 0 Å². The second-order valence-electron chi connectivity index (χ2n) is 4.04. The summed E-state index contributed by atoms with van der Waals surface area (Å²) in [6, 6.07) is 7.69. The van der Waals surface area contributed by atoms with E-state index in [1.165, 1.54) is 0 Å². The minimum atomic E-state index is -0.580. The third kappa shape index (κ3) is 2.85. The lowest BCUT2D eigenvalue weighted by molar-refractivity contribution is 0.174. The molecule has 1 aromatic carbocycles. The molecule has 0 amide bonds. The molecule has 2 rings (SSSR count). The molecule has 0 spiro atoms. The molecule has 0 aliphatic carbocycles. The highest BCUT2D eigenvalue weighted by molar-refractivity contribution is 5.29. The van der Waals surface area contributed by atoms with Gasteiger partial charge in [0.25, 0.3) is 0 Å². The van der Waals surface area contributed by atoms with Gasteiger partial charge < -0.3 is 14.4 Å². The average Bonchev–Trinajstić information content (AvgIpc) is 2.76. The maximum absolute atomic E-state index is 10.0. The van der Waals surface area contributed by atoms with Gasteiger partial charge in [-0.05, 0) is 17.7 Å². The molecule has 0 aliphatic rings. The Bertz CT molecular complexity index is 494. The van der Waals surface area contributed by atoms with Gasteiger partial charge >= 0.3 is 0 Å². The molecule has 17 heavy (non-hydrogen) atoms. The molecule has 1 atom stereocenters. The molecule has 1 heterocycles. The Kier molecular flexibility index (Phi) is 3.44. The summed E-state index contributed by atoms with van der Waals surface area (Å²) in [5, 5.41) is 10.0. The summed E-state index contributed by atoms with van der Waals surface area (Å²) in [7, 11) is 3.52. The largest absolute Gasteiger partial charge is 0.497 e. The predicted molar refractivity (Wildman–Crippen MR) is 64.9 cm³/mol. The van der Waals surface area contributed by atoms with E-state index in [1.807, 2.05) is 42.1 Å². The zero-order valence-electron chi connectivity index (χ0n) is 10.00. The highest BCUT2D eigenvalue weighted by Gasteiger charge is 2.11. The van der Waals surface area contributed by atoms with Crippen LogP contribution < -0.4 is 4.74 Å². The minimum absolute atomic E-state index is 0.536. The lowest BCUT2D eigenvalue weighted by Gasteiger charge is -2.09. The van der Waals surface area contributed by atoms with Crippen LogP contribution in [-0.2, 0) is 13.5 Å². The van der Waals surface area contributed by atoms with E-state index in [9.17, 15) is 5.11 Å². The van der Waals surface area contributed by atoms with Crippen LogP contribution in [0, 0.1) is 0 Å². The molecule has 90 valence electrons. The summed E-state index contributed by atoms with van der Waals surface area (Å²) < 4.78 is 6.97. The van der Waals surface area contributed by atoms with Gasteiger partial charge in [-0.3, -0.25) is 0 Å². The van der Waals surface area contributed by atoms with Crippen molar-refractivity contribution in [2.45, 2.75) is 12.5 Å². The SMILES string of the molecule is COc1cccc(CC(O)c2cn(C)cn2)c1. The average molecular weight is 232 g/mol. The first-order chi connectivity index (χ1) is 8.19. The van der Waals surface area contributed by atoms with Crippen LogP contribution in [-0.4, -0.2) is 21.8 Å². The van der Waals surface area contributed by atoms with E-state index in [2.05, 4.69) is 4.98 Å². The van der Waals surface area contributed by atoms with Gasteiger partial charge in [0.1, 0.15) is 11.9 Å². The van der Waals surface area contributed by atoms with E-state index in [0.717, 1.165) is 11.3 Å². The van der Waals surface area contributed by atoms with Gasteiger partial charge in [-0.15, -0.1) is 0 Å². The van der Waals surface area contributed by atoms with Crippen molar-refractivity contribution in [1.29, 1.82) is 0 Å². The van der Waals surface area contributed by atoms with Gasteiger partial charge in [0.15, 0.2) is 0 Å². The topological polar surface area (TPSA) is 47.3 Å². The Morgan fingerprint density at radius 3 is 2.94 bits per heavy atom. The molecule has 0 saturated carbocycles. The summed E-state index contributed by atoms with van der Waals surface area (Å²) >= 11 is 0. The number of rotatable bonds is 4. The number of aryl methyl sites for hydroxylation is 1. The molecule has 4 heteroatoms. The Labute approximate surface area is 100 Å². The fourth-order valence-electron chi connectivity index (χ4n) is 1.73. The van der Waals surface area contributed by atoms with E-state index in [0.29, 0.717) is 12.1 Å². The predicted octanol–water partition coefficient (Wildman–Crippen LogP) is 1.70. The molecule has 0 fully saturated rings. The van der Waals surface area contributed by atoms with Crippen LogP contribution in [0.25, 0.3) is 0 Å². The molecule has 0 saturated heterocycles. The summed E-state index contributed by atoms with van der Waals surface area (Å²) in [5.74, 6) is 0.802. The molecule has 1 aromatic heterocycles. The first-order valence-electron chi connectivity index (χ1n) is 5.48. The van der Waals surface area contributed by atoms with Crippen LogP contribution in [0.15, 0.2) is 36.8 Å². The first-order valence-corrected chi connectivity index (χ1v) is 5.48. The zero-order chi connectivity index (χ0) is 12.3. The summed E-state index contributed by atoms with van der Waals surface area (Å²) in [5.41, 5.74) is 1.72. The Balaban J connectivity index is 2.09. The van der Waals surface area contributed by atoms with Crippen LogP contribution in [0.5, 0.6) is 5.75 Å². The van der Waals surface area contributed by atoms with Crippen molar-refractivity contribution in [3.63, 3.8) is 0 Å². The Morgan fingerprint density at radius 1 is 1.47 bits per heavy atom. The summed E-state index contributed by atoms with van der Waals surface area (Å²) in [6.45, 7) is 0. The first kappa shape index (κ1) is 11.7. The number of methoxy groups -OCH3 is 1. The molecule has 0 bridgehead atoms. The van der Waals surface area contributed by atoms with E-state index >= 15 is 0 Å². The third-order valence-electron chi connectivity index (χ3n) is 2.63. The normalized spacial score (nSPS) is 12.4. The molecule has 2 aromatic rings. The Hall–Kier alpha value is -1.81. The van der Waals surface area contributed by atoms with Gasteiger partial charge in [-0.2, -0.15) is 0 Å². The van der Waals surface area contributed by atoms with Crippen LogP contribution in [0.4, 0.5) is 0 Å². The lowest BCUT2D eigenvalue weighted by Crippen LogP contribution is -2.02. The molecular weight excluding hydrogens is 216 g/mol. The molecule has 4 nitrogen and oxygen atoms in total. The Morgan fingerprint density at radius 2 is 2.29 bits per heavy atom. The molecular formula is C13H16N2O2. The third-order valence-corrected chi connectivity index (χ3v) is 2.63. The monoisotopic (exact) mass is 232 g/mol. The quantitative estimate of drug-likeness (QED) is 0.872. The number of hydrogen-bond acceptors (Lipinski definition) is 3. The van der Waals surface area contributed by atoms with Gasteiger partial charge in [0.2, 0.25) is 0 Å². The second kappa shape index (κ2) is 5.01. The number of imidazole rings is 1. The van der Waals surface area contributed by atoms with Crippen LogP contribution in [0.2, 0.25) is 0 Å². The number of ether oxygens (including phenoxy) is 1. The summed E-state index contributed by atoms with van der Waals surface area (Å²) in [6.07, 6.45) is 3.46. The smallest absolute Gasteiger partial charge is 0.119 e. The number of aliphatic hydroxyl groups is 1. The number of benzene rings is 1. The number of aromatic nitrogens is 2. The van der Waals surface area contributed by atoms with Crippen molar-refractivity contribution in [2.75, 3.05) is 7.11 Å². The minimum Gasteiger partial charge on any atom is -0.497 e. The number of nitrogens with zero attached hydrogens (tertiary/aromatic N) is 2. The lowest BCUT2D eigenvalue weighted by atomic mass is 10.1. The summed E-state index contributed by atoms with van der Waals surface area (Å²) in [4.78, 5) is 4.14. The number of hydrogen-bond donors (Lipinski definition) is 1. The second-order valence-corrected chi connectivity index (χ2v) is 4.04. The van der Waals surface area contributed by atoms with E-state index in [1.54, 1.807) is 13.4 Å². The van der Waals surface area contributed by atoms with Crippen molar-refractivity contribution in [3.05, 3.63) is 48.0 Å². The van der Waals surface area contributed by atoms with E-state index < -0.39 is 6.10 Å². The van der Waals surface area contributed by atoms with Gasteiger partial charge in [0, 0.05) is 19.7 Å². The zero-order valence-corrected chi connectivity index (χ0v) is 10.00. The standard InChI is InChI=1S/C13H16N2O2/c1-15-8-12(14-9-15)13(16)7-10-4-3-5-11(6-10)17-2/h3-6,8-9,13,16H,7H2,1-2H3. The van der Waals surface area contributed by atoms with Crippen molar-refractivity contribution >= 4 is 0 Å². The molecule has 1 N–H and O–H groups in total.